The summed E-state index contributed by atoms with van der Waals surface area (Å²) in [6, 6.07) is 13.0. The van der Waals surface area contributed by atoms with Gasteiger partial charge in [0.1, 0.15) is 0 Å². The summed E-state index contributed by atoms with van der Waals surface area (Å²) in [4.78, 5) is 35.6. The van der Waals surface area contributed by atoms with E-state index in [9.17, 15) is 14.4 Å². The average molecular weight is 308 g/mol. The average Bonchev–Trinajstić information content (AvgIpc) is 2.55. The molecule has 7 heteroatoms. The van der Waals surface area contributed by atoms with Crippen LogP contribution in [-0.4, -0.2) is 22.0 Å². The Bertz CT molecular complexity index is 978. The number of rotatable bonds is 3. The second-order valence-electron chi connectivity index (χ2n) is 4.81. The molecule has 4 N–H and O–H groups in total. The highest BCUT2D eigenvalue weighted by Gasteiger charge is 2.16. The number of primary amides is 1. The van der Waals surface area contributed by atoms with Gasteiger partial charge < -0.3 is 11.1 Å². The molecule has 0 bridgehead atoms. The van der Waals surface area contributed by atoms with Crippen LogP contribution in [0.5, 0.6) is 0 Å². The molecule has 0 unspecified atom stereocenters. The van der Waals surface area contributed by atoms with E-state index in [1.165, 1.54) is 6.07 Å². The number of aromatic nitrogens is 2. The van der Waals surface area contributed by atoms with E-state index in [0.717, 1.165) is 0 Å². The lowest BCUT2D eigenvalue weighted by molar-refractivity contribution is 0.100. The third-order valence-corrected chi connectivity index (χ3v) is 3.35. The van der Waals surface area contributed by atoms with E-state index in [1.807, 2.05) is 0 Å². The van der Waals surface area contributed by atoms with Crippen molar-refractivity contribution < 1.29 is 9.59 Å². The second-order valence-corrected chi connectivity index (χ2v) is 4.81. The van der Waals surface area contributed by atoms with Crippen LogP contribution in [0.1, 0.15) is 20.8 Å². The van der Waals surface area contributed by atoms with Crippen LogP contribution in [0.25, 0.3) is 10.8 Å². The van der Waals surface area contributed by atoms with Crippen LogP contribution in [0, 0.1) is 0 Å². The maximum Gasteiger partial charge on any atom is 0.276 e. The molecular formula is C16H12N4O3. The third kappa shape index (κ3) is 2.67. The fourth-order valence-electron chi connectivity index (χ4n) is 2.28. The highest BCUT2D eigenvalue weighted by atomic mass is 16.2. The number of nitrogens with two attached hydrogens (primary N) is 1. The summed E-state index contributed by atoms with van der Waals surface area (Å²) in [5, 5.41) is 9.47. The molecule has 0 aliphatic carbocycles. The Morgan fingerprint density at radius 1 is 1.00 bits per heavy atom. The van der Waals surface area contributed by atoms with Gasteiger partial charge in [0.2, 0.25) is 0 Å². The van der Waals surface area contributed by atoms with Crippen molar-refractivity contribution >= 4 is 28.3 Å². The number of carbonyl (C=O) groups excluding carboxylic acids is 2. The van der Waals surface area contributed by atoms with Crippen LogP contribution in [0.4, 0.5) is 5.69 Å². The van der Waals surface area contributed by atoms with Crippen molar-refractivity contribution in [2.75, 3.05) is 5.32 Å². The quantitative estimate of drug-likeness (QED) is 0.675. The zero-order valence-corrected chi connectivity index (χ0v) is 11.9. The molecule has 0 saturated carbocycles. The molecule has 0 atom stereocenters. The Morgan fingerprint density at radius 3 is 2.39 bits per heavy atom. The topological polar surface area (TPSA) is 118 Å². The highest BCUT2D eigenvalue weighted by molar-refractivity contribution is 6.13. The number of H-pyrrole nitrogens is 1. The van der Waals surface area contributed by atoms with Gasteiger partial charge in [-0.05, 0) is 18.2 Å². The normalized spacial score (nSPS) is 10.4. The van der Waals surface area contributed by atoms with E-state index in [-0.39, 0.29) is 22.5 Å². The molecule has 1 heterocycles. The van der Waals surface area contributed by atoms with Crippen molar-refractivity contribution in [1.29, 1.82) is 0 Å². The van der Waals surface area contributed by atoms with Crippen LogP contribution in [0.3, 0.4) is 0 Å². The van der Waals surface area contributed by atoms with Crippen LogP contribution in [0.2, 0.25) is 0 Å². The molecule has 0 radical (unpaired) electrons. The maximum atomic E-state index is 12.5. The number of hydrogen-bond acceptors (Lipinski definition) is 4. The zero-order chi connectivity index (χ0) is 16.4. The lowest BCUT2D eigenvalue weighted by Gasteiger charge is -2.09. The number of carbonyl (C=O) groups is 2. The van der Waals surface area contributed by atoms with Crippen molar-refractivity contribution in [3.63, 3.8) is 0 Å². The molecule has 0 spiro atoms. The first-order valence-corrected chi connectivity index (χ1v) is 6.75. The SMILES string of the molecule is NC(=O)c1ccccc1NC(=O)c1n[nH]c(=O)c2ccccc12. The minimum absolute atomic E-state index is 0.0551. The first-order chi connectivity index (χ1) is 11.1. The fraction of sp³-hybridized carbons (Fsp3) is 0. The molecule has 0 saturated heterocycles. The van der Waals surface area contributed by atoms with Gasteiger partial charge in [0.15, 0.2) is 5.69 Å². The van der Waals surface area contributed by atoms with Crippen LogP contribution in [0.15, 0.2) is 53.3 Å². The molecule has 114 valence electrons. The standard InChI is InChI=1S/C16H12N4O3/c17-14(21)11-7-3-4-8-12(11)18-16(23)13-9-5-1-2-6-10(9)15(22)20-19-13/h1-8H,(H2,17,21)(H,18,23)(H,20,22). The smallest absolute Gasteiger partial charge is 0.276 e. The molecule has 0 fully saturated rings. The summed E-state index contributed by atoms with van der Waals surface area (Å²) in [5.74, 6) is -1.20. The summed E-state index contributed by atoms with van der Waals surface area (Å²) < 4.78 is 0. The van der Waals surface area contributed by atoms with Crippen molar-refractivity contribution in [1.82, 2.24) is 10.2 Å². The molecule has 7 nitrogen and oxygen atoms in total. The van der Waals surface area contributed by atoms with Gasteiger partial charge in [-0.1, -0.05) is 30.3 Å². The van der Waals surface area contributed by atoms with Crippen LogP contribution in [-0.2, 0) is 0 Å². The van der Waals surface area contributed by atoms with E-state index in [4.69, 9.17) is 5.73 Å². The van der Waals surface area contributed by atoms with Gasteiger partial charge in [-0.2, -0.15) is 5.10 Å². The Labute approximate surface area is 130 Å². The Morgan fingerprint density at radius 2 is 1.65 bits per heavy atom. The van der Waals surface area contributed by atoms with E-state index in [0.29, 0.717) is 10.8 Å². The molecule has 1 aromatic heterocycles. The minimum Gasteiger partial charge on any atom is -0.366 e. The number of nitrogens with zero attached hydrogens (tertiary/aromatic N) is 1. The van der Waals surface area contributed by atoms with Gasteiger partial charge in [-0.25, -0.2) is 5.10 Å². The Kier molecular flexibility index (Phi) is 3.60. The summed E-state index contributed by atoms with van der Waals surface area (Å²) in [5.41, 5.74) is 5.43. The Balaban J connectivity index is 2.05. The summed E-state index contributed by atoms with van der Waals surface area (Å²) in [6.07, 6.45) is 0. The van der Waals surface area contributed by atoms with E-state index in [2.05, 4.69) is 15.5 Å². The monoisotopic (exact) mass is 308 g/mol. The molecule has 2 aromatic carbocycles. The lowest BCUT2D eigenvalue weighted by Crippen LogP contribution is -2.21. The molecule has 3 aromatic rings. The number of anilines is 1. The fourth-order valence-corrected chi connectivity index (χ4v) is 2.28. The van der Waals surface area contributed by atoms with Crippen molar-refractivity contribution in [3.8, 4) is 0 Å². The van der Waals surface area contributed by atoms with E-state index in [1.54, 1.807) is 42.5 Å². The van der Waals surface area contributed by atoms with Crippen LogP contribution < -0.4 is 16.6 Å². The minimum atomic E-state index is -0.653. The third-order valence-electron chi connectivity index (χ3n) is 3.35. The van der Waals surface area contributed by atoms with E-state index >= 15 is 0 Å². The van der Waals surface area contributed by atoms with Crippen molar-refractivity contribution in [2.45, 2.75) is 0 Å². The number of amides is 2. The van der Waals surface area contributed by atoms with Crippen molar-refractivity contribution in [2.24, 2.45) is 5.73 Å². The zero-order valence-electron chi connectivity index (χ0n) is 11.9. The first kappa shape index (κ1) is 14.5. The predicted molar refractivity (Wildman–Crippen MR) is 85.3 cm³/mol. The number of aromatic amines is 1. The number of fused-ring (bicyclic) bond motifs is 1. The van der Waals surface area contributed by atoms with Gasteiger partial charge in [0, 0.05) is 5.39 Å². The van der Waals surface area contributed by atoms with Gasteiger partial charge in [0.25, 0.3) is 17.4 Å². The number of benzene rings is 2. The highest BCUT2D eigenvalue weighted by Crippen LogP contribution is 2.17. The summed E-state index contributed by atoms with van der Waals surface area (Å²) in [6.45, 7) is 0. The summed E-state index contributed by atoms with van der Waals surface area (Å²) in [7, 11) is 0. The molecule has 2 amide bonds. The number of nitrogens with one attached hydrogen (secondary N) is 2. The maximum absolute atomic E-state index is 12.5. The molecule has 23 heavy (non-hydrogen) atoms. The van der Waals surface area contributed by atoms with Gasteiger partial charge >= 0.3 is 0 Å². The molecule has 3 rings (SSSR count). The predicted octanol–water partition coefficient (Wildman–Crippen LogP) is 1.27. The molecule has 0 aliphatic heterocycles. The van der Waals surface area contributed by atoms with Crippen molar-refractivity contribution in [3.05, 3.63) is 70.1 Å². The molecule has 0 aliphatic rings. The number of para-hydroxylation sites is 1. The van der Waals surface area contributed by atoms with Gasteiger partial charge in [0.05, 0.1) is 16.6 Å². The second kappa shape index (κ2) is 5.72. The molecular weight excluding hydrogens is 296 g/mol. The first-order valence-electron chi connectivity index (χ1n) is 6.75. The van der Waals surface area contributed by atoms with Gasteiger partial charge in [-0.15, -0.1) is 0 Å². The largest absolute Gasteiger partial charge is 0.366 e. The van der Waals surface area contributed by atoms with Crippen LogP contribution >= 0.6 is 0 Å². The number of hydrogen-bond donors (Lipinski definition) is 3. The Hall–Kier alpha value is -3.48. The lowest BCUT2D eigenvalue weighted by atomic mass is 10.1. The van der Waals surface area contributed by atoms with E-state index < -0.39 is 11.8 Å². The van der Waals surface area contributed by atoms with Gasteiger partial charge in [-0.3, -0.25) is 14.4 Å². The summed E-state index contributed by atoms with van der Waals surface area (Å²) >= 11 is 0.